The number of carbonyl (C=O) groups is 1. The number of nitrogens with one attached hydrogen (secondary N) is 1. The molecule has 2 rings (SSSR count). The molecule has 1 heterocycles. The molecule has 3 unspecified atom stereocenters. The van der Waals surface area contributed by atoms with Crippen molar-refractivity contribution in [1.29, 1.82) is 0 Å². The highest BCUT2D eigenvalue weighted by Crippen LogP contribution is 2.24. The predicted molar refractivity (Wildman–Crippen MR) is 60.5 cm³/mol. The second-order valence-corrected chi connectivity index (χ2v) is 4.75. The van der Waals surface area contributed by atoms with Gasteiger partial charge in [-0.25, -0.2) is 0 Å². The Morgan fingerprint density at radius 3 is 2.73 bits per heavy atom. The molecule has 1 aliphatic carbocycles. The van der Waals surface area contributed by atoms with Crippen LogP contribution < -0.4 is 5.32 Å². The summed E-state index contributed by atoms with van der Waals surface area (Å²) in [5.74, 6) is 0.914. The summed E-state index contributed by atoms with van der Waals surface area (Å²) in [6.07, 6.45) is 7.44. The van der Waals surface area contributed by atoms with E-state index in [0.29, 0.717) is 12.0 Å². The van der Waals surface area contributed by atoms with E-state index in [-0.39, 0.29) is 11.9 Å². The molecule has 3 nitrogen and oxygen atoms in total. The number of nitrogens with zero attached hydrogens (tertiary/aromatic N) is 1. The molecule has 1 saturated heterocycles. The monoisotopic (exact) mass is 208 g/mol. The van der Waals surface area contributed by atoms with E-state index in [1.807, 2.05) is 7.05 Å². The van der Waals surface area contributed by atoms with Gasteiger partial charge in [-0.15, -0.1) is 0 Å². The average molecular weight is 208 g/mol. The van der Waals surface area contributed by atoms with E-state index < -0.39 is 0 Å². The lowest BCUT2D eigenvalue weighted by molar-refractivity contribution is -0.134. The van der Waals surface area contributed by atoms with Crippen LogP contribution in [0.1, 0.15) is 26.2 Å². The first-order valence-corrected chi connectivity index (χ1v) is 5.86. The van der Waals surface area contributed by atoms with Crippen LogP contribution >= 0.6 is 0 Å². The zero-order valence-corrected chi connectivity index (χ0v) is 9.57. The Bertz CT molecular complexity index is 275. The van der Waals surface area contributed by atoms with Gasteiger partial charge >= 0.3 is 0 Å². The minimum absolute atomic E-state index is 0.0314. The van der Waals surface area contributed by atoms with Gasteiger partial charge in [-0.3, -0.25) is 4.79 Å². The third-order valence-electron chi connectivity index (χ3n) is 3.52. The summed E-state index contributed by atoms with van der Waals surface area (Å²) in [6, 6.07) is 0.401. The molecule has 0 aromatic heterocycles. The molecule has 84 valence electrons. The van der Waals surface area contributed by atoms with Gasteiger partial charge in [0.2, 0.25) is 5.91 Å². The quantitative estimate of drug-likeness (QED) is 0.691. The largest absolute Gasteiger partial charge is 0.334 e. The van der Waals surface area contributed by atoms with Gasteiger partial charge in [0, 0.05) is 6.54 Å². The van der Waals surface area contributed by atoms with Crippen molar-refractivity contribution in [3.05, 3.63) is 12.2 Å². The molecule has 2 aliphatic rings. The number of amides is 1. The highest BCUT2D eigenvalue weighted by Gasteiger charge is 2.33. The zero-order chi connectivity index (χ0) is 10.8. The second kappa shape index (κ2) is 4.35. The van der Waals surface area contributed by atoms with E-state index in [0.717, 1.165) is 25.8 Å². The van der Waals surface area contributed by atoms with Crippen molar-refractivity contribution in [3.8, 4) is 0 Å². The summed E-state index contributed by atoms with van der Waals surface area (Å²) in [5, 5.41) is 3.13. The van der Waals surface area contributed by atoms with Gasteiger partial charge in [0.15, 0.2) is 0 Å². The highest BCUT2D eigenvalue weighted by atomic mass is 16.2. The van der Waals surface area contributed by atoms with Crippen LogP contribution in [0.3, 0.4) is 0 Å². The number of carbonyl (C=O) groups excluding carboxylic acids is 1. The Kier molecular flexibility index (Phi) is 3.10. The first-order valence-electron chi connectivity index (χ1n) is 5.86. The van der Waals surface area contributed by atoms with Crippen molar-refractivity contribution >= 4 is 5.91 Å². The molecule has 0 aromatic carbocycles. The molecule has 0 radical (unpaired) electrons. The Labute approximate surface area is 91.5 Å². The summed E-state index contributed by atoms with van der Waals surface area (Å²) >= 11 is 0. The number of rotatable bonds is 2. The predicted octanol–water partition coefficient (Wildman–Crippen LogP) is 1.16. The number of hydrogen-bond acceptors (Lipinski definition) is 2. The molecule has 1 amide bonds. The van der Waals surface area contributed by atoms with E-state index in [1.165, 1.54) is 0 Å². The minimum Gasteiger partial charge on any atom is -0.334 e. The standard InChI is InChI=1S/C12H20N2O/c1-9-6-7-11(13-2)12(15)14(8-9)10-4-3-5-10/h3-4,9-11,13H,5-8H2,1-2H3. The van der Waals surface area contributed by atoms with Crippen LogP contribution in [0.25, 0.3) is 0 Å². The highest BCUT2D eigenvalue weighted by molar-refractivity contribution is 5.82. The molecule has 1 aliphatic heterocycles. The fourth-order valence-electron chi connectivity index (χ4n) is 2.35. The lowest BCUT2D eigenvalue weighted by atomic mass is 10.0. The summed E-state index contributed by atoms with van der Waals surface area (Å²) in [6.45, 7) is 3.16. The lowest BCUT2D eigenvalue weighted by Crippen LogP contribution is -2.49. The minimum atomic E-state index is 0.0314. The number of likely N-dealkylation sites (N-methyl/N-ethyl adjacent to an activating group) is 1. The Morgan fingerprint density at radius 2 is 2.20 bits per heavy atom. The molecular formula is C12H20N2O. The smallest absolute Gasteiger partial charge is 0.240 e. The fraction of sp³-hybridized carbons (Fsp3) is 0.750. The van der Waals surface area contributed by atoms with Crippen LogP contribution in [0.4, 0.5) is 0 Å². The van der Waals surface area contributed by atoms with E-state index >= 15 is 0 Å². The van der Waals surface area contributed by atoms with Crippen LogP contribution in [0.2, 0.25) is 0 Å². The van der Waals surface area contributed by atoms with Crippen molar-refractivity contribution in [3.63, 3.8) is 0 Å². The topological polar surface area (TPSA) is 32.3 Å². The maximum absolute atomic E-state index is 12.2. The van der Waals surface area contributed by atoms with Crippen molar-refractivity contribution in [2.24, 2.45) is 5.92 Å². The Balaban J connectivity index is 2.10. The van der Waals surface area contributed by atoms with Gasteiger partial charge in [-0.05, 0) is 32.2 Å². The average Bonchev–Trinajstić information content (AvgIpc) is 2.26. The summed E-state index contributed by atoms with van der Waals surface area (Å²) < 4.78 is 0. The van der Waals surface area contributed by atoms with Crippen LogP contribution in [0.15, 0.2) is 12.2 Å². The molecule has 3 atom stereocenters. The van der Waals surface area contributed by atoms with E-state index in [1.54, 1.807) is 0 Å². The van der Waals surface area contributed by atoms with Gasteiger partial charge in [0.25, 0.3) is 0 Å². The van der Waals surface area contributed by atoms with Gasteiger partial charge in [-0.1, -0.05) is 19.1 Å². The van der Waals surface area contributed by atoms with Crippen LogP contribution in [0.5, 0.6) is 0 Å². The third-order valence-corrected chi connectivity index (χ3v) is 3.52. The number of hydrogen-bond donors (Lipinski definition) is 1. The molecule has 0 bridgehead atoms. The maximum atomic E-state index is 12.2. The summed E-state index contributed by atoms with van der Waals surface area (Å²) in [4.78, 5) is 14.2. The van der Waals surface area contributed by atoms with Crippen LogP contribution in [-0.4, -0.2) is 36.5 Å². The third kappa shape index (κ3) is 2.07. The fourth-order valence-corrected chi connectivity index (χ4v) is 2.35. The van der Waals surface area contributed by atoms with Crippen molar-refractivity contribution in [2.75, 3.05) is 13.6 Å². The number of likely N-dealkylation sites (tertiary alicyclic amines) is 1. The molecular weight excluding hydrogens is 188 g/mol. The van der Waals surface area contributed by atoms with Gasteiger partial charge in [-0.2, -0.15) is 0 Å². The first-order chi connectivity index (χ1) is 7.22. The molecule has 1 fully saturated rings. The van der Waals surface area contributed by atoms with E-state index in [9.17, 15) is 4.79 Å². The van der Waals surface area contributed by atoms with Gasteiger partial charge in [0.1, 0.15) is 0 Å². The van der Waals surface area contributed by atoms with Gasteiger partial charge in [0.05, 0.1) is 12.1 Å². The molecule has 0 spiro atoms. The Morgan fingerprint density at radius 1 is 1.47 bits per heavy atom. The SMILES string of the molecule is CNC1CCC(C)CN(C2C=CC2)C1=O. The van der Waals surface area contributed by atoms with Crippen molar-refractivity contribution in [1.82, 2.24) is 10.2 Å². The molecule has 1 N–H and O–H groups in total. The van der Waals surface area contributed by atoms with Crippen LogP contribution in [-0.2, 0) is 4.79 Å². The molecule has 3 heteroatoms. The van der Waals surface area contributed by atoms with Gasteiger partial charge < -0.3 is 10.2 Å². The van der Waals surface area contributed by atoms with Crippen molar-refractivity contribution in [2.45, 2.75) is 38.3 Å². The molecule has 0 saturated carbocycles. The molecule has 0 aromatic rings. The summed E-state index contributed by atoms with van der Waals surface area (Å²) in [5.41, 5.74) is 0. The van der Waals surface area contributed by atoms with Crippen LogP contribution in [0, 0.1) is 5.92 Å². The lowest BCUT2D eigenvalue weighted by Gasteiger charge is -2.34. The van der Waals surface area contributed by atoms with Crippen molar-refractivity contribution < 1.29 is 4.79 Å². The first kappa shape index (κ1) is 10.7. The normalized spacial score (nSPS) is 36.3. The second-order valence-electron chi connectivity index (χ2n) is 4.75. The molecule has 15 heavy (non-hydrogen) atoms. The van der Waals surface area contributed by atoms with E-state index in [4.69, 9.17) is 0 Å². The zero-order valence-electron chi connectivity index (χ0n) is 9.57. The summed E-state index contributed by atoms with van der Waals surface area (Å²) in [7, 11) is 1.88. The van der Waals surface area contributed by atoms with E-state index in [2.05, 4.69) is 29.3 Å². The Hall–Kier alpha value is -0.830. The maximum Gasteiger partial charge on any atom is 0.240 e.